The van der Waals surface area contributed by atoms with Crippen molar-refractivity contribution in [2.45, 2.75) is 18.7 Å². The molecular formula is C11H12ClN5O2S. The molecule has 0 radical (unpaired) electrons. The van der Waals surface area contributed by atoms with Gasteiger partial charge in [0.15, 0.2) is 0 Å². The van der Waals surface area contributed by atoms with Gasteiger partial charge in [0.2, 0.25) is 5.95 Å². The number of aromatic nitrogens is 3. The van der Waals surface area contributed by atoms with Crippen LogP contribution in [0, 0.1) is 13.8 Å². The van der Waals surface area contributed by atoms with E-state index in [4.69, 9.17) is 17.3 Å². The van der Waals surface area contributed by atoms with Crippen LogP contribution in [-0.4, -0.2) is 23.4 Å². The van der Waals surface area contributed by atoms with E-state index in [1.54, 1.807) is 19.9 Å². The Morgan fingerprint density at radius 2 is 1.80 bits per heavy atom. The number of halogens is 1. The molecule has 0 amide bonds. The summed E-state index contributed by atoms with van der Waals surface area (Å²) in [5.74, 6) is 0.0590. The number of nitrogens with zero attached hydrogens (tertiary/aromatic N) is 3. The van der Waals surface area contributed by atoms with Crippen molar-refractivity contribution in [3.8, 4) is 0 Å². The highest BCUT2D eigenvalue weighted by Gasteiger charge is 2.18. The van der Waals surface area contributed by atoms with E-state index >= 15 is 0 Å². The Morgan fingerprint density at radius 1 is 1.20 bits per heavy atom. The molecule has 0 atom stereocenters. The minimum absolute atomic E-state index is 0.00422. The molecule has 0 aliphatic rings. The highest BCUT2D eigenvalue weighted by molar-refractivity contribution is 7.92. The molecule has 0 aliphatic heterocycles. The van der Waals surface area contributed by atoms with E-state index in [0.29, 0.717) is 11.4 Å². The van der Waals surface area contributed by atoms with Crippen molar-refractivity contribution in [1.29, 1.82) is 0 Å². The molecule has 2 rings (SSSR count). The molecule has 0 aliphatic carbocycles. The van der Waals surface area contributed by atoms with E-state index in [1.807, 2.05) is 0 Å². The predicted molar refractivity (Wildman–Crippen MR) is 76.0 cm³/mol. The molecule has 106 valence electrons. The second kappa shape index (κ2) is 5.22. The Kier molecular flexibility index (Phi) is 3.78. The molecule has 0 bridgehead atoms. The van der Waals surface area contributed by atoms with Gasteiger partial charge >= 0.3 is 0 Å². The minimum atomic E-state index is -3.86. The van der Waals surface area contributed by atoms with Crippen LogP contribution in [0.2, 0.25) is 5.02 Å². The van der Waals surface area contributed by atoms with Gasteiger partial charge in [0, 0.05) is 17.6 Å². The zero-order valence-electron chi connectivity index (χ0n) is 10.8. The summed E-state index contributed by atoms with van der Waals surface area (Å²) in [5.41, 5.74) is 6.75. The van der Waals surface area contributed by atoms with Gasteiger partial charge in [-0.3, -0.25) is 0 Å². The highest BCUT2D eigenvalue weighted by atomic mass is 35.5. The van der Waals surface area contributed by atoms with E-state index in [9.17, 15) is 8.42 Å². The first-order valence-corrected chi connectivity index (χ1v) is 7.40. The van der Waals surface area contributed by atoms with Crippen molar-refractivity contribution in [2.24, 2.45) is 0 Å². The van der Waals surface area contributed by atoms with E-state index in [1.165, 1.54) is 6.07 Å². The number of nitrogens with one attached hydrogen (secondary N) is 1. The standard InChI is InChI=1S/C11H12ClN5O2S/c1-6-3-7(2)16-11(15-6)17-20(18,19)8-4-9(12)10(13)14-5-8/h3-5H,1-2H3,(H2,13,14)(H,15,16,17). The van der Waals surface area contributed by atoms with Gasteiger partial charge in [0.05, 0.1) is 5.02 Å². The number of hydrogen-bond donors (Lipinski definition) is 2. The zero-order valence-corrected chi connectivity index (χ0v) is 12.3. The van der Waals surface area contributed by atoms with Crippen molar-refractivity contribution in [1.82, 2.24) is 15.0 Å². The quantitative estimate of drug-likeness (QED) is 0.888. The maximum atomic E-state index is 12.2. The lowest BCUT2D eigenvalue weighted by Gasteiger charge is -2.08. The fourth-order valence-corrected chi connectivity index (χ4v) is 2.67. The van der Waals surface area contributed by atoms with E-state index in [0.717, 1.165) is 6.20 Å². The fourth-order valence-electron chi connectivity index (χ4n) is 1.53. The Bertz CT molecular complexity index is 743. The molecule has 0 unspecified atom stereocenters. The first-order valence-electron chi connectivity index (χ1n) is 5.54. The summed E-state index contributed by atoms with van der Waals surface area (Å²) in [6.07, 6.45) is 1.12. The topological polar surface area (TPSA) is 111 Å². The first-order chi connectivity index (χ1) is 9.28. The monoisotopic (exact) mass is 313 g/mol. The third kappa shape index (κ3) is 3.14. The van der Waals surface area contributed by atoms with Crippen LogP contribution in [0.25, 0.3) is 0 Å². The van der Waals surface area contributed by atoms with Crippen LogP contribution in [0.5, 0.6) is 0 Å². The Labute approximate surface area is 121 Å². The highest BCUT2D eigenvalue weighted by Crippen LogP contribution is 2.21. The maximum absolute atomic E-state index is 12.2. The molecule has 2 heterocycles. The Morgan fingerprint density at radius 3 is 2.35 bits per heavy atom. The van der Waals surface area contributed by atoms with Crippen LogP contribution in [-0.2, 0) is 10.0 Å². The van der Waals surface area contributed by atoms with Gasteiger partial charge in [0.1, 0.15) is 10.7 Å². The average Bonchev–Trinajstić information content (AvgIpc) is 2.30. The molecule has 20 heavy (non-hydrogen) atoms. The van der Waals surface area contributed by atoms with Gasteiger partial charge in [-0.05, 0) is 26.0 Å². The van der Waals surface area contributed by atoms with Crippen molar-refractivity contribution < 1.29 is 8.42 Å². The largest absolute Gasteiger partial charge is 0.382 e. The SMILES string of the molecule is Cc1cc(C)nc(NS(=O)(=O)c2cnc(N)c(Cl)c2)n1. The first kappa shape index (κ1) is 14.5. The Balaban J connectivity index is 2.37. The molecule has 0 aromatic carbocycles. The number of rotatable bonds is 3. The van der Waals surface area contributed by atoms with Gasteiger partial charge in [-0.1, -0.05) is 11.6 Å². The number of anilines is 2. The smallest absolute Gasteiger partial charge is 0.265 e. The van der Waals surface area contributed by atoms with Crippen molar-refractivity contribution in [2.75, 3.05) is 10.5 Å². The number of pyridine rings is 1. The summed E-state index contributed by atoms with van der Waals surface area (Å²) in [7, 11) is -3.86. The van der Waals surface area contributed by atoms with Gasteiger partial charge in [-0.25, -0.2) is 28.1 Å². The lowest BCUT2D eigenvalue weighted by molar-refractivity contribution is 0.600. The lowest BCUT2D eigenvalue weighted by Crippen LogP contribution is -2.16. The molecule has 7 nitrogen and oxygen atoms in total. The summed E-state index contributed by atoms with van der Waals surface area (Å²) in [4.78, 5) is 11.6. The second-order valence-corrected chi connectivity index (χ2v) is 6.21. The van der Waals surface area contributed by atoms with E-state index in [-0.39, 0.29) is 21.7 Å². The van der Waals surface area contributed by atoms with Crippen molar-refractivity contribution >= 4 is 33.4 Å². The lowest BCUT2D eigenvalue weighted by atomic mass is 10.4. The van der Waals surface area contributed by atoms with Gasteiger partial charge in [-0.2, -0.15) is 0 Å². The van der Waals surface area contributed by atoms with Gasteiger partial charge in [0.25, 0.3) is 10.0 Å². The number of aryl methyl sites for hydroxylation is 2. The van der Waals surface area contributed by atoms with E-state index < -0.39 is 10.0 Å². The number of hydrogen-bond acceptors (Lipinski definition) is 6. The van der Waals surface area contributed by atoms with Crippen LogP contribution < -0.4 is 10.5 Å². The molecule has 0 fully saturated rings. The van der Waals surface area contributed by atoms with Gasteiger partial charge in [-0.15, -0.1) is 0 Å². The number of nitrogens with two attached hydrogens (primary N) is 1. The molecule has 2 aromatic rings. The second-order valence-electron chi connectivity index (χ2n) is 4.12. The van der Waals surface area contributed by atoms with Crippen molar-refractivity contribution in [3.63, 3.8) is 0 Å². The Hall–Kier alpha value is -1.93. The number of nitrogen functional groups attached to an aromatic ring is 1. The normalized spacial score (nSPS) is 11.3. The third-order valence-corrected chi connectivity index (χ3v) is 3.96. The molecule has 3 N–H and O–H groups in total. The van der Waals surface area contributed by atoms with Crippen LogP contribution in [0.15, 0.2) is 23.2 Å². The summed E-state index contributed by atoms with van der Waals surface area (Å²) < 4.78 is 26.6. The third-order valence-electron chi connectivity index (χ3n) is 2.36. The zero-order chi connectivity index (χ0) is 14.9. The van der Waals surface area contributed by atoms with Crippen LogP contribution in [0.3, 0.4) is 0 Å². The summed E-state index contributed by atoms with van der Waals surface area (Å²) in [5, 5.41) is 0.0641. The molecule has 2 aromatic heterocycles. The molecular weight excluding hydrogens is 302 g/mol. The summed E-state index contributed by atoms with van der Waals surface area (Å²) in [6, 6.07) is 2.95. The molecule has 9 heteroatoms. The molecule has 0 saturated carbocycles. The number of sulfonamides is 1. The molecule has 0 saturated heterocycles. The van der Waals surface area contributed by atoms with Crippen LogP contribution in [0.4, 0.5) is 11.8 Å². The fraction of sp³-hybridized carbons (Fsp3) is 0.182. The van der Waals surface area contributed by atoms with E-state index in [2.05, 4.69) is 19.7 Å². The maximum Gasteiger partial charge on any atom is 0.265 e. The summed E-state index contributed by atoms with van der Waals surface area (Å²) in [6.45, 7) is 3.49. The van der Waals surface area contributed by atoms with Gasteiger partial charge < -0.3 is 5.73 Å². The van der Waals surface area contributed by atoms with Crippen molar-refractivity contribution in [3.05, 3.63) is 34.7 Å². The summed E-state index contributed by atoms with van der Waals surface area (Å²) >= 11 is 5.76. The predicted octanol–water partition coefficient (Wildman–Crippen LogP) is 1.52. The van der Waals surface area contributed by atoms with Crippen LogP contribution in [0.1, 0.15) is 11.4 Å². The van der Waals surface area contributed by atoms with Crippen LogP contribution >= 0.6 is 11.6 Å². The molecule has 0 spiro atoms. The average molecular weight is 314 g/mol. The minimum Gasteiger partial charge on any atom is -0.382 e.